The second-order valence-electron chi connectivity index (χ2n) is 8.08. The Balaban J connectivity index is 1.74. The molecule has 4 heterocycles. The van der Waals surface area contributed by atoms with Crippen molar-refractivity contribution in [1.29, 1.82) is 0 Å². The number of hydrogen-bond donors (Lipinski definition) is 2. The lowest BCUT2D eigenvalue weighted by atomic mass is 9.94. The second-order valence-corrected chi connectivity index (χ2v) is 8.08. The number of benzene rings is 1. The molecule has 9 heteroatoms. The van der Waals surface area contributed by atoms with Crippen LogP contribution in [0.1, 0.15) is 42.0 Å². The molecule has 0 radical (unpaired) electrons. The summed E-state index contributed by atoms with van der Waals surface area (Å²) >= 11 is 0. The van der Waals surface area contributed by atoms with Crippen LogP contribution >= 0.6 is 0 Å². The first kappa shape index (κ1) is 20.2. The van der Waals surface area contributed by atoms with E-state index >= 15 is 0 Å². The quantitative estimate of drug-likeness (QED) is 0.358. The van der Waals surface area contributed by atoms with Crippen molar-refractivity contribution in [3.05, 3.63) is 44.7 Å². The number of pyridine rings is 2. The average Bonchev–Trinajstić information content (AvgIpc) is 3.36. The number of unbranched alkanes of at least 4 members (excludes halogenated alkanes) is 1. The summed E-state index contributed by atoms with van der Waals surface area (Å²) in [5.41, 5.74) is 11.9. The topological polar surface area (TPSA) is 126 Å². The van der Waals surface area contributed by atoms with Crippen molar-refractivity contribution in [2.45, 2.75) is 46.3 Å². The van der Waals surface area contributed by atoms with Gasteiger partial charge in [-0.15, -0.1) is 0 Å². The maximum absolute atomic E-state index is 13.2. The standard InChI is InChI=1S/C23H23N3O6/c1-3-4-5-12-13-8-26-16(6-11(2)14(22(26)27)9-30-23(28)29)20(13)25-15-7-17-21(32-10-31-17)19(24)18(12)15/h6-7H,3-5,8-10,24H2,1-2H3,(H,28,29). The zero-order valence-corrected chi connectivity index (χ0v) is 17.9. The first-order valence-electron chi connectivity index (χ1n) is 10.5. The molecule has 3 N–H and O–H groups in total. The lowest BCUT2D eigenvalue weighted by molar-refractivity contribution is 0.0848. The Morgan fingerprint density at radius 3 is 2.88 bits per heavy atom. The van der Waals surface area contributed by atoms with Gasteiger partial charge in [0.15, 0.2) is 11.5 Å². The van der Waals surface area contributed by atoms with Gasteiger partial charge >= 0.3 is 6.16 Å². The Bertz CT molecular complexity index is 1340. The summed E-state index contributed by atoms with van der Waals surface area (Å²) in [6, 6.07) is 3.71. The predicted octanol–water partition coefficient (Wildman–Crippen LogP) is 3.58. The number of ether oxygens (including phenoxy) is 3. The van der Waals surface area contributed by atoms with Gasteiger partial charge in [-0.1, -0.05) is 13.3 Å². The van der Waals surface area contributed by atoms with Crippen LogP contribution in [0.4, 0.5) is 10.5 Å². The van der Waals surface area contributed by atoms with Crippen LogP contribution in [0.5, 0.6) is 11.5 Å². The van der Waals surface area contributed by atoms with Crippen LogP contribution in [-0.4, -0.2) is 27.6 Å². The third-order valence-corrected chi connectivity index (χ3v) is 6.17. The number of nitrogens with zero attached hydrogens (tertiary/aromatic N) is 2. The summed E-state index contributed by atoms with van der Waals surface area (Å²) in [7, 11) is 0. The van der Waals surface area contributed by atoms with Gasteiger partial charge in [0.25, 0.3) is 5.56 Å². The number of carboxylic acid groups (broad SMARTS) is 1. The number of carbonyl (C=O) groups is 1. The van der Waals surface area contributed by atoms with Gasteiger partial charge < -0.3 is 29.6 Å². The third kappa shape index (κ3) is 2.96. The molecular formula is C23H23N3O6. The largest absolute Gasteiger partial charge is 0.506 e. The van der Waals surface area contributed by atoms with Crippen molar-refractivity contribution in [3.8, 4) is 22.9 Å². The van der Waals surface area contributed by atoms with Gasteiger partial charge in [-0.05, 0) is 37.0 Å². The average molecular weight is 437 g/mol. The highest BCUT2D eigenvalue weighted by Crippen LogP contribution is 2.46. The van der Waals surface area contributed by atoms with Gasteiger partial charge in [0.2, 0.25) is 6.79 Å². The minimum absolute atomic E-state index is 0.123. The van der Waals surface area contributed by atoms with E-state index in [0.717, 1.165) is 41.5 Å². The SMILES string of the molecule is CCCCc1c2c(nc3cc4c(c(N)c13)OCO4)-c1cc(C)c(COC(=O)O)c(=O)n1C2. The molecule has 3 aromatic rings. The van der Waals surface area contributed by atoms with E-state index in [1.807, 2.05) is 12.1 Å². The molecule has 0 saturated heterocycles. The van der Waals surface area contributed by atoms with Gasteiger partial charge in [0.05, 0.1) is 34.7 Å². The molecule has 0 saturated carbocycles. The monoisotopic (exact) mass is 437 g/mol. The Labute approximate surface area is 183 Å². The molecule has 2 aliphatic rings. The lowest BCUT2D eigenvalue weighted by Crippen LogP contribution is -2.25. The maximum atomic E-state index is 13.2. The van der Waals surface area contributed by atoms with E-state index in [2.05, 4.69) is 11.7 Å². The Hall–Kier alpha value is -3.75. The third-order valence-electron chi connectivity index (χ3n) is 6.17. The van der Waals surface area contributed by atoms with Crippen molar-refractivity contribution >= 4 is 22.7 Å². The highest BCUT2D eigenvalue weighted by molar-refractivity contribution is 6.01. The molecule has 0 spiro atoms. The Morgan fingerprint density at radius 2 is 2.12 bits per heavy atom. The van der Waals surface area contributed by atoms with Crippen molar-refractivity contribution < 1.29 is 24.1 Å². The maximum Gasteiger partial charge on any atom is 0.506 e. The fraction of sp³-hybridized carbons (Fsp3) is 0.348. The molecule has 0 atom stereocenters. The summed E-state index contributed by atoms with van der Waals surface area (Å²) < 4.78 is 17.4. The van der Waals surface area contributed by atoms with Crippen LogP contribution in [0.3, 0.4) is 0 Å². The molecule has 0 fully saturated rings. The van der Waals surface area contributed by atoms with E-state index in [1.165, 1.54) is 0 Å². The summed E-state index contributed by atoms with van der Waals surface area (Å²) in [5.74, 6) is 1.10. The van der Waals surface area contributed by atoms with E-state index in [-0.39, 0.29) is 19.0 Å². The number of nitrogen functional groups attached to an aromatic ring is 1. The fourth-order valence-corrected chi connectivity index (χ4v) is 4.58. The van der Waals surface area contributed by atoms with Gasteiger partial charge in [-0.25, -0.2) is 9.78 Å². The number of rotatable bonds is 5. The number of anilines is 1. The molecular weight excluding hydrogens is 414 g/mol. The minimum Gasteiger partial charge on any atom is -0.453 e. The normalized spacial score (nSPS) is 13.3. The van der Waals surface area contributed by atoms with E-state index in [9.17, 15) is 9.59 Å². The molecule has 9 nitrogen and oxygen atoms in total. The van der Waals surface area contributed by atoms with Gasteiger partial charge in [-0.2, -0.15) is 0 Å². The first-order valence-corrected chi connectivity index (χ1v) is 10.5. The summed E-state index contributed by atoms with van der Waals surface area (Å²) in [5, 5.41) is 9.68. The minimum atomic E-state index is -1.42. The van der Waals surface area contributed by atoms with E-state index in [0.29, 0.717) is 46.1 Å². The van der Waals surface area contributed by atoms with Crippen molar-refractivity contribution in [2.24, 2.45) is 0 Å². The van der Waals surface area contributed by atoms with Crippen LogP contribution < -0.4 is 20.8 Å². The fourth-order valence-electron chi connectivity index (χ4n) is 4.58. The van der Waals surface area contributed by atoms with Crippen LogP contribution in [0.25, 0.3) is 22.3 Å². The highest BCUT2D eigenvalue weighted by Gasteiger charge is 2.30. The molecule has 0 aliphatic carbocycles. The smallest absolute Gasteiger partial charge is 0.453 e. The molecule has 166 valence electrons. The Kier molecular flexibility index (Phi) is 4.69. The van der Waals surface area contributed by atoms with E-state index < -0.39 is 6.16 Å². The first-order chi connectivity index (χ1) is 15.4. The summed E-state index contributed by atoms with van der Waals surface area (Å²) in [6.07, 6.45) is 1.34. The predicted molar refractivity (Wildman–Crippen MR) is 117 cm³/mol. The second kappa shape index (κ2) is 7.44. The van der Waals surface area contributed by atoms with Crippen LogP contribution in [0, 0.1) is 6.92 Å². The van der Waals surface area contributed by atoms with Crippen molar-refractivity contribution in [3.63, 3.8) is 0 Å². The van der Waals surface area contributed by atoms with Gasteiger partial charge in [-0.3, -0.25) is 4.79 Å². The van der Waals surface area contributed by atoms with Crippen LogP contribution in [0.15, 0.2) is 16.9 Å². The molecule has 0 unspecified atom stereocenters. The molecule has 0 bridgehead atoms. The van der Waals surface area contributed by atoms with Crippen molar-refractivity contribution in [1.82, 2.24) is 9.55 Å². The number of fused-ring (bicyclic) bond motifs is 5. The van der Waals surface area contributed by atoms with Gasteiger partial charge in [0.1, 0.15) is 6.61 Å². The molecule has 32 heavy (non-hydrogen) atoms. The molecule has 2 aromatic heterocycles. The van der Waals surface area contributed by atoms with Gasteiger partial charge in [0, 0.05) is 17.0 Å². The lowest BCUT2D eigenvalue weighted by Gasteiger charge is -2.15. The molecule has 1 aromatic carbocycles. The molecule has 2 aliphatic heterocycles. The number of aromatic nitrogens is 2. The zero-order valence-electron chi connectivity index (χ0n) is 17.9. The number of hydrogen-bond acceptors (Lipinski definition) is 7. The van der Waals surface area contributed by atoms with Crippen molar-refractivity contribution in [2.75, 3.05) is 12.5 Å². The summed E-state index contributed by atoms with van der Waals surface area (Å²) in [4.78, 5) is 28.9. The van der Waals surface area contributed by atoms with E-state index in [1.54, 1.807) is 11.5 Å². The number of aryl methyl sites for hydroxylation is 2. The zero-order chi connectivity index (χ0) is 22.6. The number of nitrogens with two attached hydrogens (primary N) is 1. The van der Waals surface area contributed by atoms with Crippen LogP contribution in [0.2, 0.25) is 0 Å². The van der Waals surface area contributed by atoms with E-state index in [4.69, 9.17) is 25.3 Å². The van der Waals surface area contributed by atoms with Crippen LogP contribution in [-0.2, 0) is 24.3 Å². The molecule has 5 rings (SSSR count). The molecule has 0 amide bonds. The highest BCUT2D eigenvalue weighted by atomic mass is 16.7. The summed E-state index contributed by atoms with van der Waals surface area (Å²) in [6.45, 7) is 4.08. The Morgan fingerprint density at radius 1 is 1.31 bits per heavy atom.